The number of ketones is 1. The van der Waals surface area contributed by atoms with E-state index in [9.17, 15) is 45.6 Å². The molecule has 0 heterocycles. The van der Waals surface area contributed by atoms with E-state index in [4.69, 9.17) is 4.74 Å². The van der Waals surface area contributed by atoms with Gasteiger partial charge in [-0.3, -0.25) is 28.8 Å². The molecule has 5 N–H and O–H groups in total. The maximum atomic E-state index is 13.9. The summed E-state index contributed by atoms with van der Waals surface area (Å²) in [7, 11) is -6.63. The second-order valence-electron chi connectivity index (χ2n) is 16.7. The van der Waals surface area contributed by atoms with Gasteiger partial charge in [0, 0.05) is 36.4 Å². The van der Waals surface area contributed by atoms with E-state index in [1.54, 1.807) is 78.1 Å². The summed E-state index contributed by atoms with van der Waals surface area (Å²) >= 11 is 0. The molecule has 0 aliphatic carbocycles. The quantitative estimate of drug-likeness (QED) is 0.0649. The lowest BCUT2D eigenvalue weighted by atomic mass is 9.99. The molecule has 66 heavy (non-hydrogen) atoms. The van der Waals surface area contributed by atoms with Crippen LogP contribution in [0.5, 0.6) is 0 Å². The van der Waals surface area contributed by atoms with E-state index in [1.807, 2.05) is 12.1 Å². The van der Waals surface area contributed by atoms with Gasteiger partial charge in [-0.15, -0.1) is 0 Å². The molecule has 0 saturated carbocycles. The van der Waals surface area contributed by atoms with E-state index < -0.39 is 97.1 Å². The third-order valence-electron chi connectivity index (χ3n) is 10.6. The Morgan fingerprint density at radius 2 is 1.12 bits per heavy atom. The van der Waals surface area contributed by atoms with Gasteiger partial charge in [0.2, 0.25) is 23.6 Å². The molecule has 3 unspecified atom stereocenters. The first-order valence-electron chi connectivity index (χ1n) is 21.4. The summed E-state index contributed by atoms with van der Waals surface area (Å²) in [6.45, 7) is 10.3. The number of sulfone groups is 2. The van der Waals surface area contributed by atoms with Crippen LogP contribution in [0.4, 0.5) is 5.69 Å². The van der Waals surface area contributed by atoms with Crippen molar-refractivity contribution in [2.45, 2.75) is 88.9 Å². The molecule has 4 aromatic carbocycles. The number of benzene rings is 4. The summed E-state index contributed by atoms with van der Waals surface area (Å²) in [4.78, 5) is 78.3. The van der Waals surface area contributed by atoms with Gasteiger partial charge < -0.3 is 31.3 Å². The molecule has 0 bridgehead atoms. The molecular weight excluding hydrogens is 887 g/mol. The fourth-order valence-electron chi connectivity index (χ4n) is 6.69. The van der Waals surface area contributed by atoms with Crippen molar-refractivity contribution in [2.75, 3.05) is 30.5 Å². The lowest BCUT2D eigenvalue weighted by molar-refractivity contribution is -0.132. The van der Waals surface area contributed by atoms with Crippen LogP contribution in [-0.4, -0.2) is 95.4 Å². The maximum absolute atomic E-state index is 13.9. The van der Waals surface area contributed by atoms with Gasteiger partial charge in [-0.2, -0.15) is 0 Å². The van der Waals surface area contributed by atoms with E-state index in [1.165, 1.54) is 55.5 Å². The van der Waals surface area contributed by atoms with Crippen molar-refractivity contribution in [1.29, 1.82) is 0 Å². The van der Waals surface area contributed by atoms with Gasteiger partial charge in [0.05, 0.1) is 40.4 Å². The van der Waals surface area contributed by atoms with Crippen LogP contribution in [0.1, 0.15) is 77.9 Å². The number of methoxy groups -OCH3 is 1. The second-order valence-corrected chi connectivity index (χ2v) is 20.7. The standard InChI is InChI=1S/C48H59N5O11S2/c1-30(2)44(48(59)51-34(6)46(57)52-39-19-13-35(14-20-39)27-64-7)53-42(54)25-12-33(5)50-43(55)26-49-47(58)37-17-15-36(16-18-37)45(56)38(28-65(60,61)40-21-8-31(3)9-22-40)29-66(62,63)41-23-10-32(4)11-24-41/h8-11,13-24,30,33-34,38,44H,12,25-29H2,1-7H3,(H,49,58)(H,50,55)(H,51,59)(H,52,57)(H,53,54). The molecule has 4 rings (SSSR count). The van der Waals surface area contributed by atoms with E-state index in [0.717, 1.165) is 16.7 Å². The number of carbonyl (C=O) groups is 6. The topological polar surface area (TPSA) is 240 Å². The highest BCUT2D eigenvalue weighted by atomic mass is 32.2. The molecule has 354 valence electrons. The number of aryl methyl sites for hydroxylation is 2. The zero-order valence-corrected chi connectivity index (χ0v) is 39.8. The maximum Gasteiger partial charge on any atom is 0.251 e. The van der Waals surface area contributed by atoms with Crippen molar-refractivity contribution in [2.24, 2.45) is 11.8 Å². The van der Waals surface area contributed by atoms with Crippen LogP contribution in [0.2, 0.25) is 0 Å². The minimum absolute atomic E-state index is 0.0102. The van der Waals surface area contributed by atoms with E-state index in [0.29, 0.717) is 12.3 Å². The SMILES string of the molecule is COCc1ccc(NC(=O)C(C)NC(=O)C(NC(=O)CCC(C)NC(=O)CNC(=O)c2ccc(C(=O)C(CS(=O)(=O)c3ccc(C)cc3)CS(=O)(=O)c3ccc(C)cc3)cc2)C(C)C)cc1. The summed E-state index contributed by atoms with van der Waals surface area (Å²) in [5, 5.41) is 13.3. The first-order valence-corrected chi connectivity index (χ1v) is 24.7. The number of anilines is 1. The number of amides is 5. The Morgan fingerprint density at radius 1 is 0.606 bits per heavy atom. The lowest BCUT2D eigenvalue weighted by Crippen LogP contribution is -2.53. The number of nitrogens with one attached hydrogen (secondary N) is 5. The molecule has 0 aliphatic heterocycles. The summed E-state index contributed by atoms with van der Waals surface area (Å²) in [5.41, 5.74) is 3.18. The van der Waals surface area contributed by atoms with Crippen molar-refractivity contribution >= 4 is 60.7 Å². The van der Waals surface area contributed by atoms with Crippen LogP contribution >= 0.6 is 0 Å². The van der Waals surface area contributed by atoms with E-state index >= 15 is 0 Å². The Balaban J connectivity index is 1.28. The Kier molecular flexibility index (Phi) is 18.9. The molecule has 18 heteroatoms. The van der Waals surface area contributed by atoms with Gasteiger partial charge in [-0.25, -0.2) is 16.8 Å². The molecule has 0 radical (unpaired) electrons. The molecule has 0 fully saturated rings. The smallest absolute Gasteiger partial charge is 0.251 e. The highest BCUT2D eigenvalue weighted by Crippen LogP contribution is 2.23. The summed E-state index contributed by atoms with van der Waals surface area (Å²) < 4.78 is 59.0. The van der Waals surface area contributed by atoms with Crippen molar-refractivity contribution in [3.05, 3.63) is 125 Å². The van der Waals surface area contributed by atoms with Crippen molar-refractivity contribution in [1.82, 2.24) is 21.3 Å². The van der Waals surface area contributed by atoms with Gasteiger partial charge in [0.15, 0.2) is 25.5 Å². The Bertz CT molecular complexity index is 2490. The number of carbonyl (C=O) groups excluding carboxylic acids is 6. The van der Waals surface area contributed by atoms with Crippen molar-refractivity contribution in [3.8, 4) is 0 Å². The molecule has 4 aromatic rings. The molecule has 0 saturated heterocycles. The number of rotatable bonds is 23. The lowest BCUT2D eigenvalue weighted by Gasteiger charge is -2.24. The Labute approximate surface area is 386 Å². The van der Waals surface area contributed by atoms with E-state index in [2.05, 4.69) is 26.6 Å². The van der Waals surface area contributed by atoms with Gasteiger partial charge in [0.1, 0.15) is 12.1 Å². The van der Waals surface area contributed by atoms with Crippen LogP contribution in [0.3, 0.4) is 0 Å². The molecular formula is C48H59N5O11S2. The van der Waals surface area contributed by atoms with Gasteiger partial charge >= 0.3 is 0 Å². The summed E-state index contributed by atoms with van der Waals surface area (Å²) in [5.74, 6) is -6.71. The number of hydrogen-bond donors (Lipinski definition) is 5. The average molecular weight is 946 g/mol. The van der Waals surface area contributed by atoms with Gasteiger partial charge in [0.25, 0.3) is 5.91 Å². The number of Topliss-reactive ketones (excluding diaryl/α,β-unsaturated/α-hetero) is 1. The van der Waals surface area contributed by atoms with Crippen LogP contribution in [0, 0.1) is 25.7 Å². The van der Waals surface area contributed by atoms with Crippen LogP contribution < -0.4 is 26.6 Å². The monoisotopic (exact) mass is 945 g/mol. The third-order valence-corrected chi connectivity index (χ3v) is 14.2. The third kappa shape index (κ3) is 15.7. The minimum atomic E-state index is -4.11. The number of hydrogen-bond acceptors (Lipinski definition) is 11. The fourth-order valence-corrected chi connectivity index (χ4v) is 9.93. The zero-order valence-electron chi connectivity index (χ0n) is 38.2. The molecule has 0 spiro atoms. The minimum Gasteiger partial charge on any atom is -0.380 e. The molecule has 0 aliphatic rings. The largest absolute Gasteiger partial charge is 0.380 e. The van der Waals surface area contributed by atoms with Crippen LogP contribution in [0.15, 0.2) is 107 Å². The Hall–Kier alpha value is -6.24. The van der Waals surface area contributed by atoms with Crippen LogP contribution in [0.25, 0.3) is 0 Å². The van der Waals surface area contributed by atoms with Gasteiger partial charge in [-0.1, -0.05) is 73.5 Å². The summed E-state index contributed by atoms with van der Waals surface area (Å²) in [6, 6.07) is 22.0. The summed E-state index contributed by atoms with van der Waals surface area (Å²) in [6.07, 6.45) is 0.163. The van der Waals surface area contributed by atoms with E-state index in [-0.39, 0.29) is 39.7 Å². The van der Waals surface area contributed by atoms with Crippen molar-refractivity contribution < 1.29 is 50.3 Å². The van der Waals surface area contributed by atoms with Crippen molar-refractivity contribution in [3.63, 3.8) is 0 Å². The fraction of sp³-hybridized carbons (Fsp3) is 0.375. The number of ether oxygens (including phenoxy) is 1. The molecule has 5 amide bonds. The first-order chi connectivity index (χ1) is 31.1. The predicted octanol–water partition coefficient (Wildman–Crippen LogP) is 4.50. The molecule has 16 nitrogen and oxygen atoms in total. The zero-order chi connectivity index (χ0) is 48.8. The molecule has 0 aromatic heterocycles. The van der Waals surface area contributed by atoms with Gasteiger partial charge in [-0.05, 0) is 94.1 Å². The normalized spacial score (nSPS) is 13.0. The predicted molar refractivity (Wildman–Crippen MR) is 250 cm³/mol. The second kappa shape index (κ2) is 23.8. The Morgan fingerprint density at radius 3 is 1.62 bits per heavy atom. The highest BCUT2D eigenvalue weighted by Gasteiger charge is 2.33. The first kappa shape index (κ1) is 52.4. The molecule has 3 atom stereocenters. The van der Waals surface area contributed by atoms with Crippen LogP contribution in [-0.2, 0) is 50.2 Å². The average Bonchev–Trinajstić information content (AvgIpc) is 3.27. The highest BCUT2D eigenvalue weighted by molar-refractivity contribution is 7.92.